The Morgan fingerprint density at radius 2 is 1.75 bits per heavy atom. The number of carbonyl (C=O) groups excluding carboxylic acids is 1. The van der Waals surface area contributed by atoms with Crippen LogP contribution in [0.4, 0.5) is 26.3 Å². The number of unbranched alkanes of at least 4 members (excludes halogenated alkanes) is 1. The lowest BCUT2D eigenvalue weighted by molar-refractivity contribution is -0.140. The molecule has 0 heterocycles. The van der Waals surface area contributed by atoms with Gasteiger partial charge >= 0.3 is 12.1 Å². The minimum Gasteiger partial charge on any atom is -0.462 e. The molecule has 20 heavy (non-hydrogen) atoms. The maximum atomic E-state index is 13.3. The molecule has 0 N–H and O–H groups in total. The van der Waals surface area contributed by atoms with Gasteiger partial charge in [0.1, 0.15) is 0 Å². The van der Waals surface area contributed by atoms with E-state index in [1.165, 1.54) is 0 Å². The van der Waals surface area contributed by atoms with Crippen LogP contribution in [0.15, 0.2) is 6.07 Å². The largest absolute Gasteiger partial charge is 0.462 e. The summed E-state index contributed by atoms with van der Waals surface area (Å²) in [7, 11) is 0. The topological polar surface area (TPSA) is 26.3 Å². The first-order valence-corrected chi connectivity index (χ1v) is 5.62. The highest BCUT2D eigenvalue weighted by atomic mass is 19.4. The molecule has 0 spiro atoms. The molecule has 0 fully saturated rings. The summed E-state index contributed by atoms with van der Waals surface area (Å²) in [4.78, 5) is 11.4. The van der Waals surface area contributed by atoms with E-state index >= 15 is 0 Å². The minimum atomic E-state index is -5.25. The first-order chi connectivity index (χ1) is 9.20. The van der Waals surface area contributed by atoms with Gasteiger partial charge in [-0.2, -0.15) is 13.2 Å². The normalized spacial score (nSPS) is 11.6. The van der Waals surface area contributed by atoms with Crippen LogP contribution >= 0.6 is 0 Å². The third kappa shape index (κ3) is 3.43. The third-order valence-electron chi connectivity index (χ3n) is 2.40. The van der Waals surface area contributed by atoms with Crippen LogP contribution in [0.3, 0.4) is 0 Å². The molecule has 1 rings (SSSR count). The average molecular weight is 300 g/mol. The van der Waals surface area contributed by atoms with Crippen LogP contribution in [0.25, 0.3) is 0 Å². The Labute approximate surface area is 110 Å². The van der Waals surface area contributed by atoms with Gasteiger partial charge in [-0.15, -0.1) is 0 Å². The van der Waals surface area contributed by atoms with Crippen molar-refractivity contribution in [1.82, 2.24) is 0 Å². The lowest BCUT2D eigenvalue weighted by Crippen LogP contribution is -2.16. The number of hydrogen-bond donors (Lipinski definition) is 0. The second-order valence-corrected chi connectivity index (χ2v) is 3.90. The van der Waals surface area contributed by atoms with Crippen LogP contribution in [0.2, 0.25) is 0 Å². The molecule has 1 aromatic rings. The summed E-state index contributed by atoms with van der Waals surface area (Å²) in [5.41, 5.74) is -3.34. The molecule has 2 nitrogen and oxygen atoms in total. The Hall–Kier alpha value is -1.73. The maximum absolute atomic E-state index is 13.3. The van der Waals surface area contributed by atoms with Gasteiger partial charge in [-0.1, -0.05) is 13.3 Å². The summed E-state index contributed by atoms with van der Waals surface area (Å²) in [5, 5.41) is 0. The Morgan fingerprint density at radius 3 is 2.25 bits per heavy atom. The van der Waals surface area contributed by atoms with Crippen molar-refractivity contribution in [2.45, 2.75) is 25.9 Å². The van der Waals surface area contributed by atoms with Crippen LogP contribution in [0.5, 0.6) is 0 Å². The van der Waals surface area contributed by atoms with E-state index in [2.05, 4.69) is 4.74 Å². The summed E-state index contributed by atoms with van der Waals surface area (Å²) < 4.78 is 81.2. The molecule has 0 unspecified atom stereocenters. The molecular weight excluding hydrogens is 290 g/mol. The second-order valence-electron chi connectivity index (χ2n) is 3.90. The average Bonchev–Trinajstić information content (AvgIpc) is 2.34. The lowest BCUT2D eigenvalue weighted by atomic mass is 10.1. The fraction of sp³-hybridized carbons (Fsp3) is 0.417. The fourth-order valence-electron chi connectivity index (χ4n) is 1.35. The number of ether oxygens (including phenoxy) is 1. The molecule has 8 heteroatoms. The number of alkyl halides is 3. The molecule has 0 saturated carbocycles. The minimum absolute atomic E-state index is 0.0952. The first-order valence-electron chi connectivity index (χ1n) is 5.62. The Bertz CT molecular complexity index is 510. The summed E-state index contributed by atoms with van der Waals surface area (Å²) in [6, 6.07) is -0.0952. The molecule has 1 aromatic carbocycles. The monoisotopic (exact) mass is 300 g/mol. The van der Waals surface area contributed by atoms with E-state index in [0.29, 0.717) is 12.8 Å². The molecule has 0 aliphatic rings. The van der Waals surface area contributed by atoms with Gasteiger partial charge in [0.2, 0.25) is 0 Å². The van der Waals surface area contributed by atoms with Crippen molar-refractivity contribution in [2.24, 2.45) is 0 Å². The van der Waals surface area contributed by atoms with E-state index in [-0.39, 0.29) is 12.7 Å². The quantitative estimate of drug-likeness (QED) is 0.362. The fourth-order valence-corrected chi connectivity index (χ4v) is 1.35. The molecule has 112 valence electrons. The molecule has 0 bridgehead atoms. The molecule has 0 aromatic heterocycles. The molecule has 0 radical (unpaired) electrons. The van der Waals surface area contributed by atoms with E-state index in [1.54, 1.807) is 6.92 Å². The molecule has 0 aliphatic carbocycles. The van der Waals surface area contributed by atoms with Gasteiger partial charge in [0.15, 0.2) is 17.5 Å². The van der Waals surface area contributed by atoms with Gasteiger partial charge < -0.3 is 4.74 Å². The smallest absolute Gasteiger partial charge is 0.419 e. The number of hydrogen-bond acceptors (Lipinski definition) is 2. The number of halogens is 6. The zero-order valence-corrected chi connectivity index (χ0v) is 10.3. The van der Waals surface area contributed by atoms with Crippen LogP contribution in [-0.4, -0.2) is 12.6 Å². The zero-order valence-electron chi connectivity index (χ0n) is 10.3. The standard InChI is InChI=1S/C12H10F6O2/c1-2-3-4-20-11(19)6-5-7(12(16,17)18)9(14)10(15)8(6)13/h5H,2-4H2,1H3. The highest BCUT2D eigenvalue weighted by Gasteiger charge is 2.38. The predicted octanol–water partition coefficient (Wildman–Crippen LogP) is 4.08. The van der Waals surface area contributed by atoms with E-state index in [9.17, 15) is 31.1 Å². The number of carbonyl (C=O) groups is 1. The van der Waals surface area contributed by atoms with Crippen molar-refractivity contribution in [3.05, 3.63) is 34.6 Å². The number of esters is 1. The maximum Gasteiger partial charge on any atom is 0.419 e. The lowest BCUT2D eigenvalue weighted by Gasteiger charge is -2.12. The third-order valence-corrected chi connectivity index (χ3v) is 2.40. The van der Waals surface area contributed by atoms with Crippen molar-refractivity contribution >= 4 is 5.97 Å². The summed E-state index contributed by atoms with van der Waals surface area (Å²) >= 11 is 0. The van der Waals surface area contributed by atoms with Gasteiger partial charge in [0, 0.05) is 0 Å². The molecule has 0 atom stereocenters. The van der Waals surface area contributed by atoms with Gasteiger partial charge in [-0.05, 0) is 12.5 Å². The van der Waals surface area contributed by atoms with Crippen molar-refractivity contribution in [3.8, 4) is 0 Å². The zero-order chi connectivity index (χ0) is 15.5. The second kappa shape index (κ2) is 6.15. The van der Waals surface area contributed by atoms with Gasteiger partial charge in [-0.25, -0.2) is 18.0 Å². The van der Waals surface area contributed by atoms with Gasteiger partial charge in [0.25, 0.3) is 0 Å². The van der Waals surface area contributed by atoms with Crippen LogP contribution < -0.4 is 0 Å². The van der Waals surface area contributed by atoms with Crippen molar-refractivity contribution in [1.29, 1.82) is 0 Å². The van der Waals surface area contributed by atoms with Crippen molar-refractivity contribution < 1.29 is 35.9 Å². The highest BCUT2D eigenvalue weighted by Crippen LogP contribution is 2.34. The van der Waals surface area contributed by atoms with Gasteiger partial charge in [0.05, 0.1) is 17.7 Å². The van der Waals surface area contributed by atoms with Crippen molar-refractivity contribution in [2.75, 3.05) is 6.61 Å². The van der Waals surface area contributed by atoms with E-state index < -0.39 is 40.7 Å². The number of benzene rings is 1. The Kier molecular flexibility index (Phi) is 5.02. The molecule has 0 saturated heterocycles. The van der Waals surface area contributed by atoms with Crippen LogP contribution in [-0.2, 0) is 10.9 Å². The van der Waals surface area contributed by atoms with Gasteiger partial charge in [-0.3, -0.25) is 0 Å². The molecular formula is C12H10F6O2. The number of rotatable bonds is 4. The summed E-state index contributed by atoms with van der Waals surface area (Å²) in [5.74, 6) is -8.22. The van der Waals surface area contributed by atoms with E-state index in [0.717, 1.165) is 0 Å². The highest BCUT2D eigenvalue weighted by molar-refractivity contribution is 5.90. The van der Waals surface area contributed by atoms with E-state index in [4.69, 9.17) is 0 Å². The Morgan fingerprint density at radius 1 is 1.15 bits per heavy atom. The van der Waals surface area contributed by atoms with E-state index in [1.807, 2.05) is 0 Å². The predicted molar refractivity (Wildman–Crippen MR) is 56.5 cm³/mol. The van der Waals surface area contributed by atoms with Crippen LogP contribution in [0, 0.1) is 17.5 Å². The summed E-state index contributed by atoms with van der Waals surface area (Å²) in [6.45, 7) is 1.60. The summed E-state index contributed by atoms with van der Waals surface area (Å²) in [6.07, 6.45) is -4.22. The van der Waals surface area contributed by atoms with Crippen molar-refractivity contribution in [3.63, 3.8) is 0 Å². The first kappa shape index (κ1) is 16.3. The molecule has 0 amide bonds. The molecule has 0 aliphatic heterocycles. The SMILES string of the molecule is CCCCOC(=O)c1cc(C(F)(F)F)c(F)c(F)c1F. The Balaban J connectivity index is 3.20. The van der Waals surface area contributed by atoms with Crippen LogP contribution in [0.1, 0.15) is 35.7 Å².